The minimum atomic E-state index is -0.0213. The van der Waals surface area contributed by atoms with E-state index in [1.807, 2.05) is 6.07 Å². The molecule has 1 amide bonds. The lowest BCUT2D eigenvalue weighted by molar-refractivity contribution is -0.114. The van der Waals surface area contributed by atoms with Crippen LogP contribution < -0.4 is 5.32 Å². The predicted molar refractivity (Wildman–Crippen MR) is 68.9 cm³/mol. The molecule has 0 spiro atoms. The molecule has 1 N–H and O–H groups in total. The third-order valence-electron chi connectivity index (χ3n) is 2.65. The van der Waals surface area contributed by atoms with Crippen molar-refractivity contribution in [2.75, 3.05) is 5.32 Å². The number of carbonyl (C=O) groups excluding carboxylic acids is 1. The Bertz CT molecular complexity index is 380. The maximum atomic E-state index is 11.0. The Morgan fingerprint density at radius 2 is 1.62 bits per heavy atom. The van der Waals surface area contributed by atoms with E-state index >= 15 is 0 Å². The molecule has 0 aliphatic heterocycles. The molecule has 0 atom stereocenters. The smallest absolute Gasteiger partial charge is 0.221 e. The van der Waals surface area contributed by atoms with Gasteiger partial charge < -0.3 is 5.32 Å². The molecule has 0 saturated heterocycles. The summed E-state index contributed by atoms with van der Waals surface area (Å²) >= 11 is 0. The predicted octanol–water partition coefficient (Wildman–Crippen LogP) is 3.89. The number of anilines is 1. The highest BCUT2D eigenvalue weighted by Crippen LogP contribution is 2.28. The third kappa shape index (κ3) is 3.09. The average Bonchev–Trinajstić information content (AvgIpc) is 2.16. The zero-order chi connectivity index (χ0) is 12.3. The van der Waals surface area contributed by atoms with Gasteiger partial charge in [0.05, 0.1) is 0 Å². The van der Waals surface area contributed by atoms with E-state index in [1.54, 1.807) is 0 Å². The van der Waals surface area contributed by atoms with Crippen LogP contribution in [0.2, 0.25) is 0 Å². The van der Waals surface area contributed by atoms with Crippen molar-refractivity contribution in [3.05, 3.63) is 29.3 Å². The second-order valence-corrected chi connectivity index (χ2v) is 4.83. The SMILES string of the molecule is CC(=O)Nc1ccc(C(C)C)c(C(C)C)c1. The molecule has 2 heteroatoms. The number of hydrogen-bond acceptors (Lipinski definition) is 1. The lowest BCUT2D eigenvalue weighted by Crippen LogP contribution is -2.07. The number of nitrogens with one attached hydrogen (secondary N) is 1. The van der Waals surface area contributed by atoms with E-state index in [-0.39, 0.29) is 5.91 Å². The molecular formula is C14H21NO. The van der Waals surface area contributed by atoms with Gasteiger partial charge in [0, 0.05) is 12.6 Å². The number of benzene rings is 1. The summed E-state index contributed by atoms with van der Waals surface area (Å²) in [6.45, 7) is 10.3. The van der Waals surface area contributed by atoms with Crippen molar-refractivity contribution in [3.63, 3.8) is 0 Å². The van der Waals surface area contributed by atoms with Crippen molar-refractivity contribution >= 4 is 11.6 Å². The molecule has 2 nitrogen and oxygen atoms in total. The quantitative estimate of drug-likeness (QED) is 0.821. The summed E-state index contributed by atoms with van der Waals surface area (Å²) in [6, 6.07) is 6.18. The minimum Gasteiger partial charge on any atom is -0.326 e. The van der Waals surface area contributed by atoms with Crippen molar-refractivity contribution in [1.82, 2.24) is 0 Å². The highest BCUT2D eigenvalue weighted by atomic mass is 16.1. The highest BCUT2D eigenvalue weighted by molar-refractivity contribution is 5.88. The first-order chi connectivity index (χ1) is 7.41. The number of rotatable bonds is 3. The van der Waals surface area contributed by atoms with Crippen LogP contribution in [0.5, 0.6) is 0 Å². The molecule has 0 saturated carbocycles. The van der Waals surface area contributed by atoms with E-state index in [1.165, 1.54) is 18.1 Å². The topological polar surface area (TPSA) is 29.1 Å². The van der Waals surface area contributed by atoms with Crippen molar-refractivity contribution in [3.8, 4) is 0 Å². The van der Waals surface area contributed by atoms with Gasteiger partial charge in [-0.25, -0.2) is 0 Å². The molecule has 16 heavy (non-hydrogen) atoms. The third-order valence-corrected chi connectivity index (χ3v) is 2.65. The average molecular weight is 219 g/mol. The molecule has 1 aromatic carbocycles. The van der Waals surface area contributed by atoms with Crippen molar-refractivity contribution in [2.24, 2.45) is 0 Å². The van der Waals surface area contributed by atoms with Crippen molar-refractivity contribution < 1.29 is 4.79 Å². The van der Waals surface area contributed by atoms with Gasteiger partial charge in [0.15, 0.2) is 0 Å². The normalized spacial score (nSPS) is 10.9. The Labute approximate surface area is 98.1 Å². The fourth-order valence-electron chi connectivity index (χ4n) is 1.88. The maximum absolute atomic E-state index is 11.0. The van der Waals surface area contributed by atoms with Crippen LogP contribution in [-0.4, -0.2) is 5.91 Å². The molecule has 0 fully saturated rings. The molecule has 0 radical (unpaired) electrons. The van der Waals surface area contributed by atoms with Gasteiger partial charge in [0.25, 0.3) is 0 Å². The van der Waals surface area contributed by atoms with Crippen LogP contribution in [0.25, 0.3) is 0 Å². The second kappa shape index (κ2) is 5.15. The molecule has 0 unspecified atom stereocenters. The molecule has 0 heterocycles. The van der Waals surface area contributed by atoms with E-state index in [0.29, 0.717) is 11.8 Å². The van der Waals surface area contributed by atoms with Gasteiger partial charge in [-0.1, -0.05) is 33.8 Å². The van der Waals surface area contributed by atoms with Gasteiger partial charge in [-0.15, -0.1) is 0 Å². The first-order valence-corrected chi connectivity index (χ1v) is 5.83. The molecule has 1 aromatic rings. The van der Waals surface area contributed by atoms with Gasteiger partial charge in [0.2, 0.25) is 5.91 Å². The summed E-state index contributed by atoms with van der Waals surface area (Å²) in [7, 11) is 0. The standard InChI is InChI=1S/C14H21NO/c1-9(2)13-7-6-12(15-11(5)16)8-14(13)10(3)4/h6-10H,1-5H3,(H,15,16). The van der Waals surface area contributed by atoms with Crippen LogP contribution in [0.1, 0.15) is 57.6 Å². The zero-order valence-corrected chi connectivity index (χ0v) is 10.8. The largest absolute Gasteiger partial charge is 0.326 e. The summed E-state index contributed by atoms with van der Waals surface area (Å²) < 4.78 is 0. The number of amides is 1. The molecule has 0 aliphatic rings. The van der Waals surface area contributed by atoms with Crippen molar-refractivity contribution in [2.45, 2.75) is 46.5 Å². The highest BCUT2D eigenvalue weighted by Gasteiger charge is 2.10. The van der Waals surface area contributed by atoms with Crippen LogP contribution in [0.3, 0.4) is 0 Å². The van der Waals surface area contributed by atoms with Gasteiger partial charge >= 0.3 is 0 Å². The summed E-state index contributed by atoms with van der Waals surface area (Å²) in [4.78, 5) is 11.0. The Kier molecular flexibility index (Phi) is 4.11. The molecule has 0 bridgehead atoms. The van der Waals surface area contributed by atoms with Gasteiger partial charge in [-0.3, -0.25) is 4.79 Å². The van der Waals surface area contributed by atoms with Crippen LogP contribution in [-0.2, 0) is 4.79 Å². The molecule has 88 valence electrons. The van der Waals surface area contributed by atoms with E-state index < -0.39 is 0 Å². The summed E-state index contributed by atoms with van der Waals surface area (Å²) in [5.74, 6) is 0.974. The van der Waals surface area contributed by atoms with Crippen molar-refractivity contribution in [1.29, 1.82) is 0 Å². The Morgan fingerprint density at radius 3 is 2.06 bits per heavy atom. The molecule has 0 aromatic heterocycles. The van der Waals surface area contributed by atoms with Crippen LogP contribution in [0, 0.1) is 0 Å². The van der Waals surface area contributed by atoms with Gasteiger partial charge in [-0.05, 0) is 35.1 Å². The monoisotopic (exact) mass is 219 g/mol. The lowest BCUT2D eigenvalue weighted by atomic mass is 9.90. The van der Waals surface area contributed by atoms with E-state index in [4.69, 9.17) is 0 Å². The summed E-state index contributed by atoms with van der Waals surface area (Å²) in [5.41, 5.74) is 3.57. The van der Waals surface area contributed by atoms with Crippen LogP contribution in [0.4, 0.5) is 5.69 Å². The molecular weight excluding hydrogens is 198 g/mol. The first-order valence-electron chi connectivity index (χ1n) is 5.83. The van der Waals surface area contributed by atoms with E-state index in [0.717, 1.165) is 5.69 Å². The maximum Gasteiger partial charge on any atom is 0.221 e. The molecule has 0 aliphatic carbocycles. The minimum absolute atomic E-state index is 0.0213. The van der Waals surface area contributed by atoms with E-state index in [2.05, 4.69) is 45.1 Å². The Balaban J connectivity index is 3.12. The fraction of sp³-hybridized carbons (Fsp3) is 0.500. The van der Waals surface area contributed by atoms with E-state index in [9.17, 15) is 4.79 Å². The summed E-state index contributed by atoms with van der Waals surface area (Å²) in [5, 5.41) is 2.83. The lowest BCUT2D eigenvalue weighted by Gasteiger charge is -2.17. The van der Waals surface area contributed by atoms with Crippen LogP contribution in [0.15, 0.2) is 18.2 Å². The molecule has 1 rings (SSSR count). The Hall–Kier alpha value is -1.31. The summed E-state index contributed by atoms with van der Waals surface area (Å²) in [6.07, 6.45) is 0. The Morgan fingerprint density at radius 1 is 1.06 bits per heavy atom. The fourth-order valence-corrected chi connectivity index (χ4v) is 1.88. The first kappa shape index (κ1) is 12.8. The number of hydrogen-bond donors (Lipinski definition) is 1. The zero-order valence-electron chi connectivity index (χ0n) is 10.8. The second-order valence-electron chi connectivity index (χ2n) is 4.83. The van der Waals surface area contributed by atoms with Crippen LogP contribution >= 0.6 is 0 Å². The van der Waals surface area contributed by atoms with Gasteiger partial charge in [0.1, 0.15) is 0 Å². The number of carbonyl (C=O) groups is 1. The van der Waals surface area contributed by atoms with Gasteiger partial charge in [-0.2, -0.15) is 0 Å².